The molecular weight excluding hydrogens is 339 g/mol. The molecule has 1 heterocycles. The molecule has 0 atom stereocenters. The first-order chi connectivity index (χ1) is 12.5. The van der Waals surface area contributed by atoms with Crippen LogP contribution in [0.15, 0.2) is 36.5 Å². The van der Waals surface area contributed by atoms with Crippen molar-refractivity contribution in [2.75, 3.05) is 5.32 Å². The van der Waals surface area contributed by atoms with E-state index in [4.69, 9.17) is 9.84 Å². The van der Waals surface area contributed by atoms with E-state index in [1.165, 1.54) is 18.3 Å². The number of carboxylic acid groups (broad SMARTS) is 1. The lowest BCUT2D eigenvalue weighted by Gasteiger charge is -2.12. The van der Waals surface area contributed by atoms with Gasteiger partial charge in [0.15, 0.2) is 0 Å². The molecule has 0 aliphatic heterocycles. The number of carbonyl (C=O) groups is 2. The summed E-state index contributed by atoms with van der Waals surface area (Å²) in [6, 6.07) is 7.15. The van der Waals surface area contributed by atoms with E-state index in [0.29, 0.717) is 11.4 Å². The Balaban J connectivity index is 1.62. The minimum absolute atomic E-state index is 0.0607. The van der Waals surface area contributed by atoms with E-state index in [-0.39, 0.29) is 17.4 Å². The summed E-state index contributed by atoms with van der Waals surface area (Å²) in [6.45, 7) is 0. The molecule has 0 unspecified atom stereocenters. The number of rotatable bonds is 6. The summed E-state index contributed by atoms with van der Waals surface area (Å²) in [4.78, 5) is 27.0. The van der Waals surface area contributed by atoms with E-state index in [9.17, 15) is 14.0 Å². The third-order valence-corrected chi connectivity index (χ3v) is 4.24. The van der Waals surface area contributed by atoms with Gasteiger partial charge in [-0.15, -0.1) is 0 Å². The fourth-order valence-corrected chi connectivity index (χ4v) is 2.90. The summed E-state index contributed by atoms with van der Waals surface area (Å²) in [6.07, 6.45) is 5.55. The smallest absolute Gasteiger partial charge is 0.307 e. The average Bonchev–Trinajstić information content (AvgIpc) is 3.10. The zero-order valence-corrected chi connectivity index (χ0v) is 14.1. The predicted octanol–water partition coefficient (Wildman–Crippen LogP) is 3.42. The highest BCUT2D eigenvalue weighted by Gasteiger charge is 2.17. The number of benzene rings is 1. The Morgan fingerprint density at radius 2 is 2.00 bits per heavy atom. The minimum atomic E-state index is -1.12. The molecule has 2 aromatic rings. The lowest BCUT2D eigenvalue weighted by molar-refractivity contribution is -0.136. The van der Waals surface area contributed by atoms with Crippen LogP contribution in [0.2, 0.25) is 0 Å². The molecule has 1 aliphatic rings. The highest BCUT2D eigenvalue weighted by molar-refractivity contribution is 6.04. The van der Waals surface area contributed by atoms with Gasteiger partial charge in [-0.05, 0) is 49.4 Å². The van der Waals surface area contributed by atoms with Gasteiger partial charge in [0.1, 0.15) is 11.9 Å². The van der Waals surface area contributed by atoms with Crippen molar-refractivity contribution in [3.8, 4) is 5.88 Å². The molecule has 1 aromatic heterocycles. The topological polar surface area (TPSA) is 88.5 Å². The largest absolute Gasteiger partial charge is 0.481 e. The Hall–Kier alpha value is -2.96. The van der Waals surface area contributed by atoms with Crippen molar-refractivity contribution < 1.29 is 23.8 Å². The maximum atomic E-state index is 13.9. The van der Waals surface area contributed by atoms with E-state index in [2.05, 4.69) is 10.3 Å². The van der Waals surface area contributed by atoms with Gasteiger partial charge in [-0.25, -0.2) is 9.37 Å². The zero-order chi connectivity index (χ0) is 18.5. The number of anilines is 1. The lowest BCUT2D eigenvalue weighted by Crippen LogP contribution is -2.14. The summed E-state index contributed by atoms with van der Waals surface area (Å²) in [5, 5.41) is 11.3. The van der Waals surface area contributed by atoms with Crippen LogP contribution in [0.5, 0.6) is 5.88 Å². The number of ether oxygens (including phenoxy) is 1. The molecule has 0 saturated heterocycles. The van der Waals surface area contributed by atoms with Gasteiger partial charge in [-0.1, -0.05) is 6.07 Å². The molecule has 1 fully saturated rings. The fourth-order valence-electron chi connectivity index (χ4n) is 2.90. The first-order valence-electron chi connectivity index (χ1n) is 8.45. The van der Waals surface area contributed by atoms with Crippen LogP contribution in [0, 0.1) is 5.82 Å². The van der Waals surface area contributed by atoms with Gasteiger partial charge in [0.25, 0.3) is 5.91 Å². The van der Waals surface area contributed by atoms with E-state index in [1.54, 1.807) is 12.1 Å². The first-order valence-corrected chi connectivity index (χ1v) is 8.45. The third-order valence-electron chi connectivity index (χ3n) is 4.24. The second-order valence-corrected chi connectivity index (χ2v) is 6.24. The number of aliphatic carboxylic acids is 1. The molecule has 7 heteroatoms. The molecule has 1 saturated carbocycles. The van der Waals surface area contributed by atoms with Crippen molar-refractivity contribution in [2.45, 2.75) is 38.2 Å². The molecular formula is C19H19FN2O4. The Bertz CT molecular complexity index is 802. The van der Waals surface area contributed by atoms with Crippen LogP contribution in [0.3, 0.4) is 0 Å². The molecule has 26 heavy (non-hydrogen) atoms. The highest BCUT2D eigenvalue weighted by atomic mass is 19.1. The number of hydrogen-bond acceptors (Lipinski definition) is 4. The highest BCUT2D eigenvalue weighted by Crippen LogP contribution is 2.23. The second kappa shape index (κ2) is 7.95. The van der Waals surface area contributed by atoms with Crippen molar-refractivity contribution in [1.29, 1.82) is 0 Å². The molecule has 1 amide bonds. The minimum Gasteiger partial charge on any atom is -0.481 e. The number of pyridine rings is 1. The van der Waals surface area contributed by atoms with E-state index in [0.717, 1.165) is 31.7 Å². The van der Waals surface area contributed by atoms with Gasteiger partial charge in [-0.2, -0.15) is 0 Å². The van der Waals surface area contributed by atoms with Gasteiger partial charge in [0, 0.05) is 18.0 Å². The van der Waals surface area contributed by atoms with E-state index in [1.807, 2.05) is 0 Å². The Labute approximate surface area is 150 Å². The molecule has 136 valence electrons. The van der Waals surface area contributed by atoms with Gasteiger partial charge in [0.05, 0.1) is 12.0 Å². The maximum absolute atomic E-state index is 13.9. The Kier molecular flexibility index (Phi) is 5.46. The molecule has 0 spiro atoms. The third kappa shape index (κ3) is 4.56. The molecule has 2 N–H and O–H groups in total. The van der Waals surface area contributed by atoms with Crippen molar-refractivity contribution in [3.63, 3.8) is 0 Å². The van der Waals surface area contributed by atoms with Gasteiger partial charge in [-0.3, -0.25) is 9.59 Å². The molecule has 0 bridgehead atoms. The maximum Gasteiger partial charge on any atom is 0.307 e. The van der Waals surface area contributed by atoms with E-state index >= 15 is 0 Å². The standard InChI is InChI=1S/C19H19FN2O4/c20-16-10-14(7-5-12(16)9-18(23)24)22-19(25)13-6-8-17(21-11-13)26-15-3-1-2-4-15/h5-8,10-11,15H,1-4,9H2,(H,22,25)(H,23,24). The SMILES string of the molecule is O=C(O)Cc1ccc(NC(=O)c2ccc(OC3CCCC3)nc2)cc1F. The molecule has 0 radical (unpaired) electrons. The van der Waals surface area contributed by atoms with Crippen LogP contribution >= 0.6 is 0 Å². The normalized spacial score (nSPS) is 14.2. The number of carboxylic acids is 1. The summed E-state index contributed by atoms with van der Waals surface area (Å²) in [5.41, 5.74) is 0.622. The number of hydrogen-bond donors (Lipinski definition) is 2. The van der Waals surface area contributed by atoms with Gasteiger partial charge < -0.3 is 15.2 Å². The van der Waals surface area contributed by atoms with Crippen LogP contribution in [-0.4, -0.2) is 28.1 Å². The second-order valence-electron chi connectivity index (χ2n) is 6.24. The quantitative estimate of drug-likeness (QED) is 0.826. The number of halogens is 1. The monoisotopic (exact) mass is 358 g/mol. The lowest BCUT2D eigenvalue weighted by atomic mass is 10.1. The summed E-state index contributed by atoms with van der Waals surface area (Å²) < 4.78 is 19.6. The number of nitrogens with one attached hydrogen (secondary N) is 1. The number of aromatic nitrogens is 1. The van der Waals surface area contributed by atoms with Crippen LogP contribution < -0.4 is 10.1 Å². The Morgan fingerprint density at radius 1 is 1.23 bits per heavy atom. The molecule has 3 rings (SSSR count). The zero-order valence-electron chi connectivity index (χ0n) is 14.1. The van der Waals surface area contributed by atoms with Crippen molar-refractivity contribution in [1.82, 2.24) is 4.98 Å². The number of carbonyl (C=O) groups excluding carboxylic acids is 1. The fraction of sp³-hybridized carbons (Fsp3) is 0.316. The molecule has 1 aromatic carbocycles. The summed E-state index contributed by atoms with van der Waals surface area (Å²) in [5.74, 6) is -1.75. The van der Waals surface area contributed by atoms with Crippen LogP contribution in [0.4, 0.5) is 10.1 Å². The Morgan fingerprint density at radius 3 is 2.62 bits per heavy atom. The molecule has 1 aliphatic carbocycles. The van der Waals surface area contributed by atoms with Gasteiger partial charge >= 0.3 is 5.97 Å². The van der Waals surface area contributed by atoms with E-state index < -0.39 is 24.1 Å². The van der Waals surface area contributed by atoms with Crippen molar-refractivity contribution in [2.24, 2.45) is 0 Å². The van der Waals surface area contributed by atoms with Crippen molar-refractivity contribution in [3.05, 3.63) is 53.5 Å². The summed E-state index contributed by atoms with van der Waals surface area (Å²) in [7, 11) is 0. The van der Waals surface area contributed by atoms with Gasteiger partial charge in [0.2, 0.25) is 5.88 Å². The predicted molar refractivity (Wildman–Crippen MR) is 92.8 cm³/mol. The summed E-state index contributed by atoms with van der Waals surface area (Å²) >= 11 is 0. The first kappa shape index (κ1) is 17.8. The van der Waals surface area contributed by atoms with Crippen molar-refractivity contribution >= 4 is 17.6 Å². The van der Waals surface area contributed by atoms with Crippen LogP contribution in [0.1, 0.15) is 41.6 Å². The van der Waals surface area contributed by atoms with Crippen LogP contribution in [-0.2, 0) is 11.2 Å². The number of amides is 1. The average molecular weight is 358 g/mol. The molecule has 6 nitrogen and oxygen atoms in total. The van der Waals surface area contributed by atoms with Crippen LogP contribution in [0.25, 0.3) is 0 Å². The number of nitrogens with zero attached hydrogens (tertiary/aromatic N) is 1.